The molecule has 29 heavy (non-hydrogen) atoms. The smallest absolute Gasteiger partial charge is 0.242 e. The lowest BCUT2D eigenvalue weighted by molar-refractivity contribution is -0.138. The van der Waals surface area contributed by atoms with Crippen LogP contribution in [-0.2, 0) is 21.9 Å². The van der Waals surface area contributed by atoms with Crippen LogP contribution in [-0.4, -0.2) is 34.6 Å². The van der Waals surface area contributed by atoms with Gasteiger partial charge in [0.15, 0.2) is 0 Å². The van der Waals surface area contributed by atoms with Crippen LogP contribution in [0.2, 0.25) is 0 Å². The molecule has 1 N–H and O–H groups in total. The Bertz CT molecular complexity index is 783. The highest BCUT2D eigenvalue weighted by Gasteiger charge is 2.26. The first kappa shape index (κ1) is 22.9. The van der Waals surface area contributed by atoms with E-state index in [1.54, 1.807) is 24.0 Å². The zero-order valence-corrected chi connectivity index (χ0v) is 18.0. The van der Waals surface area contributed by atoms with E-state index in [0.717, 1.165) is 23.3 Å². The van der Waals surface area contributed by atoms with E-state index in [9.17, 15) is 14.0 Å². The summed E-state index contributed by atoms with van der Waals surface area (Å²) in [5, 5.41) is 2.94. The first-order valence-electron chi connectivity index (χ1n) is 9.86. The lowest BCUT2D eigenvalue weighted by Crippen LogP contribution is -2.50. The van der Waals surface area contributed by atoms with E-state index < -0.39 is 6.04 Å². The molecular formula is C23H29FN2O2S. The molecule has 0 aromatic heterocycles. The monoisotopic (exact) mass is 416 g/mol. The molecule has 2 atom stereocenters. The standard InChI is InChI=1S/C23H29FN2O2S/c1-4-17(2)25-23(28)18(3)26(14-19-10-12-21(24)13-11-19)22(27)16-29-15-20-8-6-5-7-9-20/h5-13,17-18H,4,14-16H2,1-3H3,(H,25,28). The Kier molecular flexibility index (Phi) is 9.19. The van der Waals surface area contributed by atoms with Crippen LogP contribution in [0.5, 0.6) is 0 Å². The van der Waals surface area contributed by atoms with E-state index >= 15 is 0 Å². The largest absolute Gasteiger partial charge is 0.352 e. The molecule has 0 spiro atoms. The van der Waals surface area contributed by atoms with Crippen molar-refractivity contribution in [3.63, 3.8) is 0 Å². The number of carbonyl (C=O) groups is 2. The number of thioether (sulfide) groups is 1. The van der Waals surface area contributed by atoms with Crippen molar-refractivity contribution in [2.45, 2.75) is 51.6 Å². The normalized spacial score (nSPS) is 12.8. The Labute approximate surface area is 176 Å². The van der Waals surface area contributed by atoms with Crippen molar-refractivity contribution in [3.05, 3.63) is 71.5 Å². The second-order valence-electron chi connectivity index (χ2n) is 7.12. The third-order valence-corrected chi connectivity index (χ3v) is 5.76. The van der Waals surface area contributed by atoms with E-state index in [1.807, 2.05) is 44.2 Å². The van der Waals surface area contributed by atoms with Crippen LogP contribution < -0.4 is 5.32 Å². The zero-order valence-electron chi connectivity index (χ0n) is 17.2. The van der Waals surface area contributed by atoms with Gasteiger partial charge >= 0.3 is 0 Å². The first-order valence-corrected chi connectivity index (χ1v) is 11.0. The van der Waals surface area contributed by atoms with Gasteiger partial charge < -0.3 is 10.2 Å². The quantitative estimate of drug-likeness (QED) is 0.625. The van der Waals surface area contributed by atoms with Crippen LogP contribution >= 0.6 is 11.8 Å². The van der Waals surface area contributed by atoms with Crippen LogP contribution in [0.15, 0.2) is 54.6 Å². The number of nitrogens with one attached hydrogen (secondary N) is 1. The van der Waals surface area contributed by atoms with Crippen molar-refractivity contribution in [2.75, 3.05) is 5.75 Å². The second-order valence-corrected chi connectivity index (χ2v) is 8.11. The molecule has 4 nitrogen and oxygen atoms in total. The summed E-state index contributed by atoms with van der Waals surface area (Å²) in [7, 11) is 0. The number of hydrogen-bond donors (Lipinski definition) is 1. The number of nitrogens with zero attached hydrogens (tertiary/aromatic N) is 1. The molecule has 0 bridgehead atoms. The maximum Gasteiger partial charge on any atom is 0.242 e. The zero-order chi connectivity index (χ0) is 21.2. The van der Waals surface area contributed by atoms with Crippen molar-refractivity contribution in [1.82, 2.24) is 10.2 Å². The second kappa shape index (κ2) is 11.6. The summed E-state index contributed by atoms with van der Waals surface area (Å²) in [6, 6.07) is 15.4. The molecule has 2 rings (SSSR count). The third kappa shape index (κ3) is 7.54. The molecule has 2 aromatic carbocycles. The van der Waals surface area contributed by atoms with Crippen molar-refractivity contribution in [2.24, 2.45) is 0 Å². The lowest BCUT2D eigenvalue weighted by Gasteiger charge is -2.29. The summed E-state index contributed by atoms with van der Waals surface area (Å²) in [6.07, 6.45) is 0.817. The molecule has 0 saturated carbocycles. The number of carbonyl (C=O) groups excluding carboxylic acids is 2. The Balaban J connectivity index is 2.06. The lowest BCUT2D eigenvalue weighted by atomic mass is 10.1. The molecule has 0 aliphatic rings. The van der Waals surface area contributed by atoms with Crippen LogP contribution in [0.3, 0.4) is 0 Å². The molecule has 2 amide bonds. The fourth-order valence-corrected chi connectivity index (χ4v) is 3.62. The van der Waals surface area contributed by atoms with Gasteiger partial charge in [-0.2, -0.15) is 0 Å². The average molecular weight is 417 g/mol. The third-order valence-electron chi connectivity index (χ3n) is 4.77. The predicted octanol–water partition coefficient (Wildman–Crippen LogP) is 4.39. The Hall–Kier alpha value is -2.34. The molecule has 0 saturated heterocycles. The molecule has 6 heteroatoms. The molecule has 2 aromatic rings. The van der Waals surface area contributed by atoms with Crippen LogP contribution in [0, 0.1) is 5.82 Å². The van der Waals surface area contributed by atoms with E-state index in [1.165, 1.54) is 23.9 Å². The number of hydrogen-bond acceptors (Lipinski definition) is 3. The van der Waals surface area contributed by atoms with Crippen molar-refractivity contribution >= 4 is 23.6 Å². The van der Waals surface area contributed by atoms with Gasteiger partial charge in [-0.25, -0.2) is 4.39 Å². The summed E-state index contributed by atoms with van der Waals surface area (Å²) in [6.45, 7) is 5.94. The molecule has 0 radical (unpaired) electrons. The van der Waals surface area contributed by atoms with Crippen molar-refractivity contribution in [1.29, 1.82) is 0 Å². The van der Waals surface area contributed by atoms with E-state index in [4.69, 9.17) is 0 Å². The Morgan fingerprint density at radius 2 is 1.69 bits per heavy atom. The van der Waals surface area contributed by atoms with Crippen LogP contribution in [0.1, 0.15) is 38.3 Å². The molecule has 0 aliphatic heterocycles. The highest BCUT2D eigenvalue weighted by Crippen LogP contribution is 2.16. The van der Waals surface area contributed by atoms with Gasteiger partial charge in [0.25, 0.3) is 0 Å². The van der Waals surface area contributed by atoms with Gasteiger partial charge in [-0.3, -0.25) is 9.59 Å². The topological polar surface area (TPSA) is 49.4 Å². The molecule has 0 heterocycles. The Morgan fingerprint density at radius 3 is 2.31 bits per heavy atom. The highest BCUT2D eigenvalue weighted by atomic mass is 32.2. The number of rotatable bonds is 10. The summed E-state index contributed by atoms with van der Waals surface area (Å²) in [5.74, 6) is 0.388. The van der Waals surface area contributed by atoms with Gasteiger partial charge in [0, 0.05) is 18.3 Å². The molecular weight excluding hydrogens is 387 g/mol. The van der Waals surface area contributed by atoms with E-state index in [0.29, 0.717) is 0 Å². The molecule has 2 unspecified atom stereocenters. The maximum atomic E-state index is 13.2. The number of amides is 2. The van der Waals surface area contributed by atoms with Gasteiger partial charge in [0.2, 0.25) is 11.8 Å². The van der Waals surface area contributed by atoms with Gasteiger partial charge in [0.05, 0.1) is 5.75 Å². The van der Waals surface area contributed by atoms with Crippen molar-refractivity contribution < 1.29 is 14.0 Å². The molecule has 0 aliphatic carbocycles. The minimum Gasteiger partial charge on any atom is -0.352 e. The van der Waals surface area contributed by atoms with Crippen LogP contribution in [0.4, 0.5) is 4.39 Å². The summed E-state index contributed by atoms with van der Waals surface area (Å²) >= 11 is 1.52. The fourth-order valence-electron chi connectivity index (χ4n) is 2.75. The average Bonchev–Trinajstić information content (AvgIpc) is 2.73. The summed E-state index contributed by atoms with van der Waals surface area (Å²) in [4.78, 5) is 27.2. The minimum absolute atomic E-state index is 0.0418. The SMILES string of the molecule is CCC(C)NC(=O)C(C)N(Cc1ccc(F)cc1)C(=O)CSCc1ccccc1. The number of halogens is 1. The van der Waals surface area contributed by atoms with E-state index in [2.05, 4.69) is 5.32 Å². The molecule has 0 fully saturated rings. The maximum absolute atomic E-state index is 13.2. The molecule has 156 valence electrons. The van der Waals surface area contributed by atoms with Crippen LogP contribution in [0.25, 0.3) is 0 Å². The summed E-state index contributed by atoms with van der Waals surface area (Å²) in [5.41, 5.74) is 1.94. The van der Waals surface area contributed by atoms with Gasteiger partial charge in [0.1, 0.15) is 11.9 Å². The fraction of sp³-hybridized carbons (Fsp3) is 0.391. The predicted molar refractivity (Wildman–Crippen MR) is 117 cm³/mol. The Morgan fingerprint density at radius 1 is 1.03 bits per heavy atom. The van der Waals surface area contributed by atoms with Gasteiger partial charge in [-0.05, 0) is 43.5 Å². The van der Waals surface area contributed by atoms with E-state index in [-0.39, 0.29) is 36.0 Å². The van der Waals surface area contributed by atoms with Crippen molar-refractivity contribution in [3.8, 4) is 0 Å². The first-order chi connectivity index (χ1) is 13.9. The highest BCUT2D eigenvalue weighted by molar-refractivity contribution is 7.99. The van der Waals surface area contributed by atoms with Gasteiger partial charge in [-0.1, -0.05) is 49.4 Å². The minimum atomic E-state index is -0.612. The number of benzene rings is 2. The summed E-state index contributed by atoms with van der Waals surface area (Å²) < 4.78 is 13.2. The van der Waals surface area contributed by atoms with Gasteiger partial charge in [-0.15, -0.1) is 11.8 Å².